The summed E-state index contributed by atoms with van der Waals surface area (Å²) in [5.74, 6) is 1.59. The van der Waals surface area contributed by atoms with Crippen molar-refractivity contribution in [2.45, 2.75) is 32.0 Å². The molecule has 2 aromatic heterocycles. The van der Waals surface area contributed by atoms with Gasteiger partial charge in [-0.15, -0.1) is 0 Å². The molecule has 1 aromatic carbocycles. The molecule has 2 atom stereocenters. The Balaban J connectivity index is 1.39. The zero-order valence-corrected chi connectivity index (χ0v) is 14.7. The fourth-order valence-electron chi connectivity index (χ4n) is 3.25. The van der Waals surface area contributed by atoms with Gasteiger partial charge in [0.1, 0.15) is 17.6 Å². The van der Waals surface area contributed by atoms with Crippen molar-refractivity contribution in [2.75, 3.05) is 6.61 Å². The first kappa shape index (κ1) is 16.8. The van der Waals surface area contributed by atoms with Gasteiger partial charge in [-0.1, -0.05) is 12.1 Å². The molecule has 1 aliphatic heterocycles. The summed E-state index contributed by atoms with van der Waals surface area (Å²) < 4.78 is 11.7. The zero-order chi connectivity index (χ0) is 17.8. The molecule has 0 saturated carbocycles. The number of nitrogens with zero attached hydrogens (tertiary/aromatic N) is 2. The Morgan fingerprint density at radius 2 is 2.23 bits per heavy atom. The maximum absolute atomic E-state index is 5.89. The van der Waals surface area contributed by atoms with E-state index in [0.717, 1.165) is 42.3 Å². The lowest BCUT2D eigenvalue weighted by atomic mass is 10.1. The highest BCUT2D eigenvalue weighted by Crippen LogP contribution is 2.28. The van der Waals surface area contributed by atoms with Crippen molar-refractivity contribution in [3.05, 3.63) is 71.8 Å². The molecule has 1 aliphatic rings. The van der Waals surface area contributed by atoms with Crippen LogP contribution in [0.25, 0.3) is 0 Å². The van der Waals surface area contributed by atoms with Crippen LogP contribution in [-0.2, 0) is 11.3 Å². The Morgan fingerprint density at radius 1 is 1.27 bits per heavy atom. The number of H-pyrrole nitrogens is 1. The molecule has 0 bridgehead atoms. The number of hydrogen-bond acceptors (Lipinski definition) is 5. The third kappa shape index (κ3) is 3.76. The van der Waals surface area contributed by atoms with Crippen LogP contribution in [0.4, 0.5) is 0 Å². The number of pyridine rings is 1. The number of aromatic nitrogens is 3. The molecule has 1 fully saturated rings. The number of nitrogens with one attached hydrogen (secondary N) is 2. The first-order valence-electron chi connectivity index (χ1n) is 8.81. The summed E-state index contributed by atoms with van der Waals surface area (Å²) in [4.78, 5) is 4.08. The third-order valence-electron chi connectivity index (χ3n) is 4.59. The average Bonchev–Trinajstić information content (AvgIpc) is 3.34. The summed E-state index contributed by atoms with van der Waals surface area (Å²) in [5.41, 5.74) is 3.34. The molecular formula is C20H22N4O2. The van der Waals surface area contributed by atoms with Crippen LogP contribution < -0.4 is 10.1 Å². The van der Waals surface area contributed by atoms with Gasteiger partial charge < -0.3 is 14.8 Å². The van der Waals surface area contributed by atoms with Gasteiger partial charge in [-0.05, 0) is 48.7 Å². The van der Waals surface area contributed by atoms with Crippen molar-refractivity contribution in [1.29, 1.82) is 0 Å². The third-order valence-corrected chi connectivity index (χ3v) is 4.59. The molecule has 0 amide bonds. The second kappa shape index (κ2) is 7.68. The van der Waals surface area contributed by atoms with Crippen LogP contribution in [-0.4, -0.2) is 27.8 Å². The van der Waals surface area contributed by atoms with Gasteiger partial charge in [0, 0.05) is 31.6 Å². The van der Waals surface area contributed by atoms with E-state index in [1.165, 1.54) is 5.56 Å². The fraction of sp³-hybridized carbons (Fsp3) is 0.300. The van der Waals surface area contributed by atoms with Crippen LogP contribution in [0.2, 0.25) is 0 Å². The lowest BCUT2D eigenvalue weighted by Crippen LogP contribution is -2.31. The molecule has 2 N–H and O–H groups in total. The summed E-state index contributed by atoms with van der Waals surface area (Å²) in [6.45, 7) is 3.60. The van der Waals surface area contributed by atoms with E-state index < -0.39 is 0 Å². The second-order valence-corrected chi connectivity index (χ2v) is 6.47. The predicted octanol–water partition coefficient (Wildman–Crippen LogP) is 3.53. The maximum atomic E-state index is 5.89. The number of rotatable bonds is 6. The number of ether oxygens (including phenoxy) is 2. The zero-order valence-electron chi connectivity index (χ0n) is 14.7. The predicted molar refractivity (Wildman–Crippen MR) is 98.0 cm³/mol. The molecule has 3 aromatic rings. The first-order chi connectivity index (χ1) is 12.8. The maximum Gasteiger partial charge on any atom is 0.145 e. The van der Waals surface area contributed by atoms with Gasteiger partial charge in [-0.3, -0.25) is 10.1 Å². The fourth-order valence-corrected chi connectivity index (χ4v) is 3.25. The monoisotopic (exact) mass is 350 g/mol. The van der Waals surface area contributed by atoms with Crippen molar-refractivity contribution >= 4 is 0 Å². The highest BCUT2D eigenvalue weighted by atomic mass is 16.5. The van der Waals surface area contributed by atoms with E-state index in [-0.39, 0.29) is 12.1 Å². The average molecular weight is 350 g/mol. The van der Waals surface area contributed by atoms with Crippen LogP contribution >= 0.6 is 0 Å². The Bertz CT molecular complexity index is 836. The molecule has 0 aliphatic carbocycles. The molecule has 6 nitrogen and oxygen atoms in total. The van der Waals surface area contributed by atoms with Crippen molar-refractivity contribution in [1.82, 2.24) is 20.5 Å². The van der Waals surface area contributed by atoms with Gasteiger partial charge in [-0.2, -0.15) is 5.10 Å². The summed E-state index contributed by atoms with van der Waals surface area (Å²) in [7, 11) is 0. The van der Waals surface area contributed by atoms with E-state index in [4.69, 9.17) is 9.47 Å². The number of benzene rings is 1. The number of hydrogen-bond donors (Lipinski definition) is 2. The smallest absolute Gasteiger partial charge is 0.145 e. The molecule has 0 radical (unpaired) electrons. The minimum Gasteiger partial charge on any atom is -0.455 e. The van der Waals surface area contributed by atoms with E-state index in [1.807, 2.05) is 24.3 Å². The minimum atomic E-state index is 0.0341. The topological polar surface area (TPSA) is 72.1 Å². The molecule has 0 spiro atoms. The van der Waals surface area contributed by atoms with Crippen molar-refractivity contribution in [2.24, 2.45) is 0 Å². The Kier molecular flexibility index (Phi) is 4.95. The molecule has 134 valence electrons. The van der Waals surface area contributed by atoms with Crippen LogP contribution in [0.15, 0.2) is 55.0 Å². The minimum absolute atomic E-state index is 0.0341. The first-order valence-corrected chi connectivity index (χ1v) is 8.81. The standard InChI is InChI=1S/C20H22N4O2/c1-14-11-15(4-5-19(14)26-16-3-2-8-21-13-16)12-22-17-7-10-25-20(17)18-6-9-23-24-18/h2-6,8-9,11,13,17,20,22H,7,10,12H2,1H3,(H,23,24)/t17-,20-/m0/s1. The van der Waals surface area contributed by atoms with Crippen LogP contribution in [0.5, 0.6) is 11.5 Å². The van der Waals surface area contributed by atoms with Crippen LogP contribution in [0.3, 0.4) is 0 Å². The largest absolute Gasteiger partial charge is 0.455 e. The Morgan fingerprint density at radius 3 is 3.00 bits per heavy atom. The van der Waals surface area contributed by atoms with E-state index in [1.54, 1.807) is 18.6 Å². The second-order valence-electron chi connectivity index (χ2n) is 6.47. The molecule has 1 saturated heterocycles. The summed E-state index contributed by atoms with van der Waals surface area (Å²) in [5, 5.41) is 10.6. The lowest BCUT2D eigenvalue weighted by Gasteiger charge is -2.19. The summed E-state index contributed by atoms with van der Waals surface area (Å²) in [6.07, 6.45) is 6.23. The molecule has 4 rings (SSSR count). The van der Waals surface area contributed by atoms with Gasteiger partial charge in [0.25, 0.3) is 0 Å². The van der Waals surface area contributed by atoms with Gasteiger partial charge in [0.2, 0.25) is 0 Å². The van der Waals surface area contributed by atoms with Gasteiger partial charge in [0.05, 0.1) is 11.9 Å². The highest BCUT2D eigenvalue weighted by Gasteiger charge is 2.30. The number of aryl methyl sites for hydroxylation is 1. The van der Waals surface area contributed by atoms with Crippen molar-refractivity contribution in [3.8, 4) is 11.5 Å². The highest BCUT2D eigenvalue weighted by molar-refractivity contribution is 5.39. The van der Waals surface area contributed by atoms with Crippen molar-refractivity contribution in [3.63, 3.8) is 0 Å². The van der Waals surface area contributed by atoms with Gasteiger partial charge >= 0.3 is 0 Å². The molecule has 6 heteroatoms. The molecule has 26 heavy (non-hydrogen) atoms. The van der Waals surface area contributed by atoms with Crippen LogP contribution in [0, 0.1) is 6.92 Å². The van der Waals surface area contributed by atoms with Crippen LogP contribution in [0.1, 0.15) is 29.3 Å². The quantitative estimate of drug-likeness (QED) is 0.712. The lowest BCUT2D eigenvalue weighted by molar-refractivity contribution is 0.0950. The molecule has 3 heterocycles. The number of aromatic amines is 1. The van der Waals surface area contributed by atoms with Gasteiger partial charge in [-0.25, -0.2) is 0 Å². The summed E-state index contributed by atoms with van der Waals surface area (Å²) >= 11 is 0. The Labute approximate surface area is 152 Å². The Hall–Kier alpha value is -2.70. The molecule has 0 unspecified atom stereocenters. The van der Waals surface area contributed by atoms with E-state index in [2.05, 4.69) is 39.6 Å². The van der Waals surface area contributed by atoms with E-state index in [9.17, 15) is 0 Å². The van der Waals surface area contributed by atoms with Gasteiger partial charge in [0.15, 0.2) is 0 Å². The SMILES string of the molecule is Cc1cc(CN[C@H]2CCO[C@@H]2c2ccn[nH]2)ccc1Oc1cccnc1. The summed E-state index contributed by atoms with van der Waals surface area (Å²) in [6, 6.07) is 12.3. The molecular weight excluding hydrogens is 328 g/mol. The van der Waals surface area contributed by atoms with E-state index >= 15 is 0 Å². The van der Waals surface area contributed by atoms with E-state index in [0.29, 0.717) is 0 Å². The van der Waals surface area contributed by atoms with Crippen molar-refractivity contribution < 1.29 is 9.47 Å². The normalized spacial score (nSPS) is 19.6.